The largest absolute Gasteiger partial charge is 0.330 e. The molecule has 0 aromatic heterocycles. The van der Waals surface area contributed by atoms with Gasteiger partial charge in [0.2, 0.25) is 0 Å². The lowest BCUT2D eigenvalue weighted by molar-refractivity contribution is 0.158. The first-order valence-electron chi connectivity index (χ1n) is 5.12. The molecule has 72 valence electrons. The number of likely N-dealkylation sites (tertiary alicyclic amines) is 1. The van der Waals surface area contributed by atoms with Crippen molar-refractivity contribution in [3.8, 4) is 0 Å². The molecule has 2 nitrogen and oxygen atoms in total. The second kappa shape index (κ2) is 4.24. The molecule has 0 aromatic rings. The van der Waals surface area contributed by atoms with Crippen LogP contribution in [0.15, 0.2) is 0 Å². The van der Waals surface area contributed by atoms with Crippen LogP contribution < -0.4 is 5.73 Å². The topological polar surface area (TPSA) is 29.3 Å². The molecule has 0 aliphatic carbocycles. The molecule has 12 heavy (non-hydrogen) atoms. The molecular formula is C10H22N2. The molecule has 2 N–H and O–H groups in total. The number of hydrogen-bond donors (Lipinski definition) is 1. The van der Waals surface area contributed by atoms with Crippen molar-refractivity contribution in [3.63, 3.8) is 0 Å². The third-order valence-corrected chi connectivity index (χ3v) is 3.32. The van der Waals surface area contributed by atoms with Crippen molar-refractivity contribution in [2.75, 3.05) is 13.1 Å². The summed E-state index contributed by atoms with van der Waals surface area (Å²) in [7, 11) is 0. The van der Waals surface area contributed by atoms with E-state index in [4.69, 9.17) is 5.73 Å². The molecule has 2 heteroatoms. The molecule has 3 atom stereocenters. The minimum atomic E-state index is 0.630. The van der Waals surface area contributed by atoms with Crippen LogP contribution in [0, 0.1) is 5.92 Å². The summed E-state index contributed by atoms with van der Waals surface area (Å²) in [4.78, 5) is 2.59. The summed E-state index contributed by atoms with van der Waals surface area (Å²) in [5, 5.41) is 0. The van der Waals surface area contributed by atoms with E-state index >= 15 is 0 Å². The highest BCUT2D eigenvalue weighted by molar-refractivity contribution is 4.82. The smallest absolute Gasteiger partial charge is 0.0107 e. The summed E-state index contributed by atoms with van der Waals surface area (Å²) in [5.74, 6) is 0.630. The molecule has 0 radical (unpaired) electrons. The fraction of sp³-hybridized carbons (Fsp3) is 1.00. The fourth-order valence-electron chi connectivity index (χ4n) is 2.08. The van der Waals surface area contributed by atoms with Crippen LogP contribution in [0.4, 0.5) is 0 Å². The number of nitrogens with zero attached hydrogens (tertiary/aromatic N) is 1. The summed E-state index contributed by atoms with van der Waals surface area (Å²) in [6.07, 6.45) is 2.73. The Morgan fingerprint density at radius 2 is 2.17 bits per heavy atom. The van der Waals surface area contributed by atoms with Crippen LogP contribution in [0.5, 0.6) is 0 Å². The van der Waals surface area contributed by atoms with E-state index in [0.717, 1.165) is 12.6 Å². The van der Waals surface area contributed by atoms with Crippen molar-refractivity contribution >= 4 is 0 Å². The van der Waals surface area contributed by atoms with Gasteiger partial charge in [0, 0.05) is 12.1 Å². The highest BCUT2D eigenvalue weighted by Gasteiger charge is 2.27. The van der Waals surface area contributed by atoms with Crippen molar-refractivity contribution < 1.29 is 0 Å². The van der Waals surface area contributed by atoms with Gasteiger partial charge in [0.25, 0.3) is 0 Å². The van der Waals surface area contributed by atoms with Gasteiger partial charge in [-0.1, -0.05) is 6.92 Å². The summed E-state index contributed by atoms with van der Waals surface area (Å²) < 4.78 is 0. The molecule has 1 rings (SSSR count). The van der Waals surface area contributed by atoms with Crippen molar-refractivity contribution in [2.24, 2.45) is 11.7 Å². The maximum atomic E-state index is 5.66. The number of rotatable bonds is 3. The van der Waals surface area contributed by atoms with E-state index in [-0.39, 0.29) is 0 Å². The SMILES string of the molecule is CC(CN)C(C)N1CCCC1C. The quantitative estimate of drug-likeness (QED) is 0.694. The second-order valence-corrected chi connectivity index (χ2v) is 4.18. The summed E-state index contributed by atoms with van der Waals surface area (Å²) in [6, 6.07) is 1.43. The van der Waals surface area contributed by atoms with Gasteiger partial charge in [-0.15, -0.1) is 0 Å². The molecule has 1 aliphatic heterocycles. The molecule has 1 aliphatic rings. The van der Waals surface area contributed by atoms with E-state index < -0.39 is 0 Å². The lowest BCUT2D eigenvalue weighted by Gasteiger charge is -2.32. The zero-order valence-electron chi connectivity index (χ0n) is 8.59. The Hall–Kier alpha value is -0.0800. The molecular weight excluding hydrogens is 148 g/mol. The molecule has 1 fully saturated rings. The van der Waals surface area contributed by atoms with Crippen LogP contribution in [-0.4, -0.2) is 30.1 Å². The molecule has 1 saturated heterocycles. The predicted molar refractivity (Wildman–Crippen MR) is 53.1 cm³/mol. The lowest BCUT2D eigenvalue weighted by Crippen LogP contribution is -2.41. The highest BCUT2D eigenvalue weighted by Crippen LogP contribution is 2.22. The maximum Gasteiger partial charge on any atom is 0.0107 e. The van der Waals surface area contributed by atoms with Crippen molar-refractivity contribution in [3.05, 3.63) is 0 Å². The Kier molecular flexibility index (Phi) is 3.53. The minimum Gasteiger partial charge on any atom is -0.330 e. The monoisotopic (exact) mass is 170 g/mol. The van der Waals surface area contributed by atoms with Crippen LogP contribution in [0.2, 0.25) is 0 Å². The summed E-state index contributed by atoms with van der Waals surface area (Å²) >= 11 is 0. The first-order valence-corrected chi connectivity index (χ1v) is 5.12. The third kappa shape index (κ3) is 1.99. The van der Waals surface area contributed by atoms with Crippen LogP contribution in [0.3, 0.4) is 0 Å². The van der Waals surface area contributed by atoms with Gasteiger partial charge in [0.1, 0.15) is 0 Å². The minimum absolute atomic E-state index is 0.630. The Morgan fingerprint density at radius 1 is 1.50 bits per heavy atom. The first kappa shape index (κ1) is 10.0. The van der Waals surface area contributed by atoms with Gasteiger partial charge < -0.3 is 5.73 Å². The van der Waals surface area contributed by atoms with Crippen LogP contribution in [0.1, 0.15) is 33.6 Å². The molecule has 0 bridgehead atoms. The normalized spacial score (nSPS) is 30.5. The molecule has 0 aromatic carbocycles. The number of nitrogens with two attached hydrogens (primary N) is 1. The molecule has 3 unspecified atom stereocenters. The van der Waals surface area contributed by atoms with Gasteiger partial charge in [-0.2, -0.15) is 0 Å². The van der Waals surface area contributed by atoms with E-state index in [9.17, 15) is 0 Å². The van der Waals surface area contributed by atoms with Gasteiger partial charge in [-0.3, -0.25) is 4.90 Å². The van der Waals surface area contributed by atoms with E-state index in [1.54, 1.807) is 0 Å². The van der Waals surface area contributed by atoms with Crippen molar-refractivity contribution in [2.45, 2.75) is 45.7 Å². The van der Waals surface area contributed by atoms with Crippen LogP contribution in [-0.2, 0) is 0 Å². The average molecular weight is 170 g/mol. The van der Waals surface area contributed by atoms with Gasteiger partial charge in [-0.25, -0.2) is 0 Å². The molecule has 0 spiro atoms. The van der Waals surface area contributed by atoms with E-state index in [2.05, 4.69) is 25.7 Å². The standard InChI is InChI=1S/C10H22N2/c1-8(7-11)10(3)12-6-4-5-9(12)2/h8-10H,4-7,11H2,1-3H3. The Balaban J connectivity index is 2.45. The summed E-state index contributed by atoms with van der Waals surface area (Å²) in [5.41, 5.74) is 5.66. The third-order valence-electron chi connectivity index (χ3n) is 3.32. The lowest BCUT2D eigenvalue weighted by atomic mass is 10.0. The Bertz CT molecular complexity index is 136. The zero-order valence-corrected chi connectivity index (χ0v) is 8.59. The molecule has 1 heterocycles. The van der Waals surface area contributed by atoms with E-state index in [0.29, 0.717) is 12.0 Å². The van der Waals surface area contributed by atoms with E-state index in [1.807, 2.05) is 0 Å². The van der Waals surface area contributed by atoms with Crippen LogP contribution >= 0.6 is 0 Å². The maximum absolute atomic E-state index is 5.66. The second-order valence-electron chi connectivity index (χ2n) is 4.18. The highest BCUT2D eigenvalue weighted by atomic mass is 15.2. The van der Waals surface area contributed by atoms with Gasteiger partial charge in [0.15, 0.2) is 0 Å². The van der Waals surface area contributed by atoms with E-state index in [1.165, 1.54) is 19.4 Å². The summed E-state index contributed by atoms with van der Waals surface area (Å²) in [6.45, 7) is 8.96. The fourth-order valence-corrected chi connectivity index (χ4v) is 2.08. The van der Waals surface area contributed by atoms with Gasteiger partial charge in [0.05, 0.1) is 0 Å². The first-order chi connectivity index (χ1) is 5.66. The van der Waals surface area contributed by atoms with Crippen LogP contribution in [0.25, 0.3) is 0 Å². The van der Waals surface area contributed by atoms with Crippen molar-refractivity contribution in [1.82, 2.24) is 4.90 Å². The molecule has 0 amide bonds. The Morgan fingerprint density at radius 3 is 2.58 bits per heavy atom. The Labute approximate surface area is 76.1 Å². The number of hydrogen-bond acceptors (Lipinski definition) is 2. The van der Waals surface area contributed by atoms with Crippen molar-refractivity contribution in [1.29, 1.82) is 0 Å². The molecule has 0 saturated carbocycles. The average Bonchev–Trinajstić information content (AvgIpc) is 2.48. The zero-order chi connectivity index (χ0) is 9.14. The van der Waals surface area contributed by atoms with Gasteiger partial charge in [-0.05, 0) is 45.7 Å². The van der Waals surface area contributed by atoms with Gasteiger partial charge >= 0.3 is 0 Å². The predicted octanol–water partition coefficient (Wildman–Crippen LogP) is 1.45.